The molecular weight excluding hydrogens is 1180 g/mol. The Morgan fingerprint density at radius 3 is 1.20 bits per heavy atom. The maximum atomic E-state index is 13.3. The van der Waals surface area contributed by atoms with Crippen molar-refractivity contribution in [2.45, 2.75) is 343 Å². The fourth-order valence-electron chi connectivity index (χ4n) is 11.7. The van der Waals surface area contributed by atoms with Gasteiger partial charge in [0, 0.05) is 6.42 Å². The van der Waals surface area contributed by atoms with E-state index in [9.17, 15) is 61.0 Å². The summed E-state index contributed by atoms with van der Waals surface area (Å²) in [6, 6.07) is -1.05. The van der Waals surface area contributed by atoms with Crippen molar-refractivity contribution in [2.24, 2.45) is 0 Å². The standard InChI is InChI=1S/C73H127NO18/c1-3-5-7-9-11-13-15-17-19-20-21-22-23-24-25-26-27-28-29-30-31-32-33-34-35-37-38-40-42-44-46-48-50-57(78)56(74-61(79)51-49-47-45-43-41-39-36-18-16-14-12-10-8-6-4-2)55-87-71-67(85)64(82)69(59(53-76)89-71)92-73-68(86)65(83)70(60(54-77)90-73)91-72-66(84)63(81)62(80)58(52-75)88-72/h6,8,12,14,18,36,40-43,47-50,56-60,62-73,75-78,80-86H,3-5,7,9-11,13,15-17,19-35,37-39,44-46,51-55H2,1-2H3,(H,74,79)/b8-6-,14-12-,36-18-,42-40+,43-41-,49-47-,50-48+. The van der Waals surface area contributed by atoms with E-state index in [1.54, 1.807) is 12.2 Å². The first-order chi connectivity index (χ1) is 44.8. The van der Waals surface area contributed by atoms with E-state index in [1.165, 1.54) is 161 Å². The third-order valence-electron chi connectivity index (χ3n) is 17.5. The molecule has 12 N–H and O–H groups in total. The number of aliphatic hydroxyl groups is 11. The molecule has 3 aliphatic heterocycles. The number of hydrogen-bond donors (Lipinski definition) is 12. The lowest BCUT2D eigenvalue weighted by molar-refractivity contribution is -0.379. The summed E-state index contributed by atoms with van der Waals surface area (Å²) in [6.45, 7) is 1.53. The lowest BCUT2D eigenvalue weighted by atomic mass is 9.96. The van der Waals surface area contributed by atoms with Gasteiger partial charge < -0.3 is 89.9 Å². The quantitative estimate of drug-likeness (QED) is 0.0199. The Kier molecular flexibility index (Phi) is 48.9. The number of nitrogens with one attached hydrogen (secondary N) is 1. The minimum Gasteiger partial charge on any atom is -0.394 e. The highest BCUT2D eigenvalue weighted by molar-refractivity contribution is 5.77. The molecule has 3 saturated heterocycles. The van der Waals surface area contributed by atoms with Crippen molar-refractivity contribution < 1.29 is 89.4 Å². The number of rotatable bonds is 54. The van der Waals surface area contributed by atoms with E-state index < -0.39 is 137 Å². The van der Waals surface area contributed by atoms with Crippen LogP contribution in [0.25, 0.3) is 0 Å². The van der Waals surface area contributed by atoms with Crippen LogP contribution in [0.1, 0.15) is 239 Å². The molecule has 0 aliphatic carbocycles. The van der Waals surface area contributed by atoms with Crippen molar-refractivity contribution in [1.82, 2.24) is 5.32 Å². The Bertz CT molecular complexity index is 2000. The highest BCUT2D eigenvalue weighted by Gasteiger charge is 2.53. The molecule has 0 aromatic rings. The Morgan fingerprint density at radius 1 is 0.402 bits per heavy atom. The molecule has 3 rings (SSSR count). The molecule has 17 atom stereocenters. The first-order valence-electron chi connectivity index (χ1n) is 35.8. The second-order valence-corrected chi connectivity index (χ2v) is 25.3. The summed E-state index contributed by atoms with van der Waals surface area (Å²) >= 11 is 0. The van der Waals surface area contributed by atoms with Crippen LogP contribution in [0.15, 0.2) is 85.1 Å². The number of ether oxygens (including phenoxy) is 6. The van der Waals surface area contributed by atoms with Gasteiger partial charge in [-0.2, -0.15) is 0 Å². The Labute approximate surface area is 552 Å². The molecular formula is C73H127NO18. The summed E-state index contributed by atoms with van der Waals surface area (Å²) in [6.07, 6.45) is 43.4. The average Bonchev–Trinajstić information content (AvgIpc) is 0.837. The van der Waals surface area contributed by atoms with Gasteiger partial charge in [-0.25, -0.2) is 0 Å². The van der Waals surface area contributed by atoms with E-state index in [1.807, 2.05) is 24.3 Å². The van der Waals surface area contributed by atoms with Gasteiger partial charge >= 0.3 is 0 Å². The SMILES string of the molecule is CC/C=C\C/C=C\C/C=C\C/C=C\C/C=C\CC(=O)NC(COC1OC(CO)C(OC2OC(CO)C(OC3OC(CO)C(O)C(O)C3O)C(O)C2O)C(O)C1O)C(O)/C=C/CC/C=C/CCCCCCCCCCCCCCCCCCCCCCCCCCCC. The predicted octanol–water partition coefficient (Wildman–Crippen LogP) is 9.88. The Morgan fingerprint density at radius 2 is 0.761 bits per heavy atom. The van der Waals surface area contributed by atoms with Crippen molar-refractivity contribution in [3.63, 3.8) is 0 Å². The highest BCUT2D eigenvalue weighted by Crippen LogP contribution is 2.33. The van der Waals surface area contributed by atoms with Gasteiger partial charge in [0.05, 0.1) is 38.6 Å². The van der Waals surface area contributed by atoms with Gasteiger partial charge in [-0.1, -0.05) is 259 Å². The molecule has 92 heavy (non-hydrogen) atoms. The first-order valence-corrected chi connectivity index (χ1v) is 35.8. The van der Waals surface area contributed by atoms with Crippen molar-refractivity contribution in [2.75, 3.05) is 26.4 Å². The fourth-order valence-corrected chi connectivity index (χ4v) is 11.7. The monoisotopic (exact) mass is 1310 g/mol. The fraction of sp³-hybridized carbons (Fsp3) is 0.795. The summed E-state index contributed by atoms with van der Waals surface area (Å²) in [5, 5.41) is 120. The summed E-state index contributed by atoms with van der Waals surface area (Å²) in [5.74, 6) is -0.413. The molecule has 3 aliphatic rings. The molecule has 17 unspecified atom stereocenters. The Hall–Kier alpha value is -3.03. The molecule has 3 heterocycles. The van der Waals surface area contributed by atoms with Gasteiger partial charge in [-0.05, 0) is 57.8 Å². The second kappa shape index (κ2) is 54.0. The van der Waals surface area contributed by atoms with Crippen LogP contribution < -0.4 is 5.32 Å². The van der Waals surface area contributed by atoms with Crippen molar-refractivity contribution >= 4 is 5.91 Å². The van der Waals surface area contributed by atoms with Crippen LogP contribution >= 0.6 is 0 Å². The lowest BCUT2D eigenvalue weighted by Crippen LogP contribution is -2.66. The molecule has 19 nitrogen and oxygen atoms in total. The third-order valence-corrected chi connectivity index (χ3v) is 17.5. The van der Waals surface area contributed by atoms with Crippen LogP contribution in [0.4, 0.5) is 0 Å². The number of carbonyl (C=O) groups excluding carboxylic acids is 1. The van der Waals surface area contributed by atoms with Gasteiger partial charge in [0.1, 0.15) is 73.2 Å². The minimum atomic E-state index is -1.99. The number of carbonyl (C=O) groups is 1. The van der Waals surface area contributed by atoms with Crippen LogP contribution in [0, 0.1) is 0 Å². The van der Waals surface area contributed by atoms with Gasteiger partial charge in [-0.15, -0.1) is 0 Å². The topological polar surface area (TPSA) is 307 Å². The molecule has 0 bridgehead atoms. The molecule has 3 fully saturated rings. The zero-order chi connectivity index (χ0) is 66.8. The molecule has 532 valence electrons. The zero-order valence-electron chi connectivity index (χ0n) is 56.3. The predicted molar refractivity (Wildman–Crippen MR) is 360 cm³/mol. The summed E-state index contributed by atoms with van der Waals surface area (Å²) in [5.41, 5.74) is 0. The number of aliphatic hydroxyl groups excluding tert-OH is 11. The van der Waals surface area contributed by atoms with E-state index >= 15 is 0 Å². The molecule has 0 aromatic carbocycles. The van der Waals surface area contributed by atoms with E-state index in [4.69, 9.17) is 28.4 Å². The molecule has 0 saturated carbocycles. The molecule has 0 aromatic heterocycles. The molecule has 19 heteroatoms. The Balaban J connectivity index is 1.41. The van der Waals surface area contributed by atoms with Crippen LogP contribution in [-0.4, -0.2) is 193 Å². The van der Waals surface area contributed by atoms with E-state index in [2.05, 4.69) is 67.8 Å². The highest BCUT2D eigenvalue weighted by atomic mass is 16.8. The van der Waals surface area contributed by atoms with Crippen molar-refractivity contribution in [1.29, 1.82) is 0 Å². The smallest absolute Gasteiger partial charge is 0.224 e. The van der Waals surface area contributed by atoms with E-state index in [-0.39, 0.29) is 6.42 Å². The van der Waals surface area contributed by atoms with Crippen molar-refractivity contribution in [3.05, 3.63) is 85.1 Å². The second-order valence-electron chi connectivity index (χ2n) is 25.3. The number of hydrogen-bond acceptors (Lipinski definition) is 18. The maximum Gasteiger partial charge on any atom is 0.224 e. The van der Waals surface area contributed by atoms with Crippen LogP contribution in [0.5, 0.6) is 0 Å². The summed E-state index contributed by atoms with van der Waals surface area (Å²) in [4.78, 5) is 13.3. The third kappa shape index (κ3) is 35.3. The lowest BCUT2D eigenvalue weighted by Gasteiger charge is -2.48. The minimum absolute atomic E-state index is 0.000654. The summed E-state index contributed by atoms with van der Waals surface area (Å²) < 4.78 is 34.2. The number of allylic oxidation sites excluding steroid dienone is 12. The normalized spacial score (nSPS) is 28.2. The number of amides is 1. The largest absolute Gasteiger partial charge is 0.394 e. The zero-order valence-corrected chi connectivity index (χ0v) is 56.3. The number of unbranched alkanes of at least 4 members (excludes halogenated alkanes) is 27. The molecule has 0 spiro atoms. The van der Waals surface area contributed by atoms with E-state index in [0.29, 0.717) is 12.8 Å². The van der Waals surface area contributed by atoms with Crippen LogP contribution in [0.2, 0.25) is 0 Å². The first kappa shape index (κ1) is 83.2. The van der Waals surface area contributed by atoms with Gasteiger partial charge in [0.15, 0.2) is 18.9 Å². The molecule has 1 amide bonds. The van der Waals surface area contributed by atoms with Crippen molar-refractivity contribution in [3.8, 4) is 0 Å². The average molecular weight is 1310 g/mol. The van der Waals surface area contributed by atoms with Gasteiger partial charge in [0.2, 0.25) is 5.91 Å². The van der Waals surface area contributed by atoms with Gasteiger partial charge in [-0.3, -0.25) is 4.79 Å². The van der Waals surface area contributed by atoms with Gasteiger partial charge in [0.25, 0.3) is 0 Å². The van der Waals surface area contributed by atoms with Crippen LogP contribution in [-0.2, 0) is 33.2 Å². The van der Waals surface area contributed by atoms with Crippen LogP contribution in [0.3, 0.4) is 0 Å². The molecule has 0 radical (unpaired) electrons. The summed E-state index contributed by atoms with van der Waals surface area (Å²) in [7, 11) is 0. The van der Waals surface area contributed by atoms with E-state index in [0.717, 1.165) is 44.9 Å². The maximum absolute atomic E-state index is 13.3.